The van der Waals surface area contributed by atoms with Crippen molar-refractivity contribution in [2.24, 2.45) is 17.8 Å². The van der Waals surface area contributed by atoms with Gasteiger partial charge in [-0.05, 0) is 44.4 Å². The van der Waals surface area contributed by atoms with Crippen molar-refractivity contribution in [3.05, 3.63) is 0 Å². The Balaban J connectivity index is 1.53. The van der Waals surface area contributed by atoms with E-state index in [0.29, 0.717) is 12.5 Å². The van der Waals surface area contributed by atoms with E-state index < -0.39 is 0 Å². The second-order valence-electron chi connectivity index (χ2n) is 6.85. The summed E-state index contributed by atoms with van der Waals surface area (Å²) in [6.45, 7) is 3.20. The van der Waals surface area contributed by atoms with E-state index in [1.807, 2.05) is 9.80 Å². The zero-order valence-corrected chi connectivity index (χ0v) is 12.7. The molecule has 0 aromatic heterocycles. The second kappa shape index (κ2) is 6.34. The van der Waals surface area contributed by atoms with Crippen LogP contribution in [0, 0.1) is 17.8 Å². The number of likely N-dealkylation sites (tertiary alicyclic amines) is 2. The molecule has 21 heavy (non-hydrogen) atoms. The molecule has 2 amide bonds. The van der Waals surface area contributed by atoms with Gasteiger partial charge in [-0.2, -0.15) is 0 Å². The van der Waals surface area contributed by atoms with Gasteiger partial charge in [0.1, 0.15) is 0 Å². The number of aliphatic hydroxyl groups is 1. The van der Waals surface area contributed by atoms with Gasteiger partial charge in [0.15, 0.2) is 0 Å². The summed E-state index contributed by atoms with van der Waals surface area (Å²) in [5.74, 6) is 1.09. The Morgan fingerprint density at radius 3 is 2.14 bits per heavy atom. The van der Waals surface area contributed by atoms with Crippen molar-refractivity contribution in [3.8, 4) is 0 Å². The molecule has 2 saturated heterocycles. The molecule has 2 aliphatic heterocycles. The van der Waals surface area contributed by atoms with Gasteiger partial charge in [0.25, 0.3) is 0 Å². The summed E-state index contributed by atoms with van der Waals surface area (Å²) in [4.78, 5) is 28.7. The number of amides is 2. The van der Waals surface area contributed by atoms with Crippen LogP contribution in [0.25, 0.3) is 0 Å². The zero-order valence-electron chi connectivity index (χ0n) is 12.7. The average molecular weight is 294 g/mol. The molecule has 0 bridgehead atoms. The molecule has 118 valence electrons. The van der Waals surface area contributed by atoms with Gasteiger partial charge in [-0.3, -0.25) is 9.59 Å². The molecular formula is C16H26N2O3. The standard InChI is InChI=1S/C16H26N2O3/c19-11-12-5-8-17(9-6-12)16(21)14-2-1-7-18(10-14)15(20)13-3-4-13/h12-14,19H,1-11H2. The first kappa shape index (κ1) is 14.8. The fraction of sp³-hybridized carbons (Fsp3) is 0.875. The van der Waals surface area contributed by atoms with Crippen molar-refractivity contribution in [3.63, 3.8) is 0 Å². The van der Waals surface area contributed by atoms with Crippen LogP contribution in [-0.4, -0.2) is 59.5 Å². The molecule has 3 aliphatic rings. The highest BCUT2D eigenvalue weighted by atomic mass is 16.3. The molecule has 1 N–H and O–H groups in total. The maximum absolute atomic E-state index is 12.6. The minimum Gasteiger partial charge on any atom is -0.396 e. The number of carbonyl (C=O) groups excluding carboxylic acids is 2. The van der Waals surface area contributed by atoms with Gasteiger partial charge in [0, 0.05) is 38.7 Å². The molecule has 5 heteroatoms. The molecule has 1 aliphatic carbocycles. The summed E-state index contributed by atoms with van der Waals surface area (Å²) in [6.07, 6.45) is 5.72. The molecular weight excluding hydrogens is 268 g/mol. The smallest absolute Gasteiger partial charge is 0.227 e. The van der Waals surface area contributed by atoms with Crippen LogP contribution in [0.3, 0.4) is 0 Å². The summed E-state index contributed by atoms with van der Waals surface area (Å²) < 4.78 is 0. The topological polar surface area (TPSA) is 60.9 Å². The van der Waals surface area contributed by atoms with Crippen molar-refractivity contribution in [2.75, 3.05) is 32.8 Å². The predicted octanol–water partition coefficient (Wildman–Crippen LogP) is 0.866. The minimum absolute atomic E-state index is 0.00729. The van der Waals surface area contributed by atoms with E-state index in [0.717, 1.165) is 58.2 Å². The number of hydrogen-bond acceptors (Lipinski definition) is 3. The third kappa shape index (κ3) is 3.39. The van der Waals surface area contributed by atoms with E-state index in [4.69, 9.17) is 0 Å². The van der Waals surface area contributed by atoms with Crippen LogP contribution >= 0.6 is 0 Å². The summed E-state index contributed by atoms with van der Waals surface area (Å²) in [5.41, 5.74) is 0. The van der Waals surface area contributed by atoms with E-state index in [1.54, 1.807) is 0 Å². The first-order valence-corrected chi connectivity index (χ1v) is 8.37. The number of rotatable bonds is 3. The summed E-state index contributed by atoms with van der Waals surface area (Å²) in [5, 5.41) is 9.17. The van der Waals surface area contributed by atoms with Crippen molar-refractivity contribution in [2.45, 2.75) is 38.5 Å². The first-order chi connectivity index (χ1) is 10.2. The highest BCUT2D eigenvalue weighted by Gasteiger charge is 2.38. The van der Waals surface area contributed by atoms with Gasteiger partial charge in [0.2, 0.25) is 11.8 Å². The molecule has 1 saturated carbocycles. The van der Waals surface area contributed by atoms with E-state index in [-0.39, 0.29) is 30.3 Å². The van der Waals surface area contributed by atoms with Crippen LogP contribution in [0.2, 0.25) is 0 Å². The zero-order chi connectivity index (χ0) is 14.8. The van der Waals surface area contributed by atoms with E-state index >= 15 is 0 Å². The monoisotopic (exact) mass is 294 g/mol. The Morgan fingerprint density at radius 1 is 0.857 bits per heavy atom. The molecule has 0 spiro atoms. The molecule has 3 rings (SSSR count). The Hall–Kier alpha value is -1.10. The van der Waals surface area contributed by atoms with Crippen molar-refractivity contribution < 1.29 is 14.7 Å². The molecule has 1 atom stereocenters. The van der Waals surface area contributed by atoms with E-state index in [2.05, 4.69) is 0 Å². The number of aliphatic hydroxyl groups excluding tert-OH is 1. The van der Waals surface area contributed by atoms with Gasteiger partial charge in [-0.15, -0.1) is 0 Å². The third-order valence-electron chi connectivity index (χ3n) is 5.19. The quantitative estimate of drug-likeness (QED) is 0.840. The molecule has 5 nitrogen and oxygen atoms in total. The van der Waals surface area contributed by atoms with Crippen LogP contribution in [0.1, 0.15) is 38.5 Å². The predicted molar refractivity (Wildman–Crippen MR) is 78.4 cm³/mol. The van der Waals surface area contributed by atoms with Gasteiger partial charge in [-0.25, -0.2) is 0 Å². The highest BCUT2D eigenvalue weighted by Crippen LogP contribution is 2.33. The lowest BCUT2D eigenvalue weighted by atomic mass is 9.93. The number of piperidine rings is 2. The molecule has 2 heterocycles. The SMILES string of the molecule is O=C(C1CCCN(C(=O)C2CC2)C1)N1CCC(CO)CC1. The molecule has 0 aromatic rings. The maximum Gasteiger partial charge on any atom is 0.227 e. The highest BCUT2D eigenvalue weighted by molar-refractivity contribution is 5.83. The fourth-order valence-electron chi connectivity index (χ4n) is 3.56. The summed E-state index contributed by atoms with van der Waals surface area (Å²) in [7, 11) is 0. The largest absolute Gasteiger partial charge is 0.396 e. The third-order valence-corrected chi connectivity index (χ3v) is 5.19. The Kier molecular flexibility index (Phi) is 4.48. The minimum atomic E-state index is -0.00729. The van der Waals surface area contributed by atoms with Crippen LogP contribution in [0.5, 0.6) is 0 Å². The Morgan fingerprint density at radius 2 is 1.52 bits per heavy atom. The normalized spacial score (nSPS) is 27.8. The summed E-state index contributed by atoms with van der Waals surface area (Å²) in [6, 6.07) is 0. The molecule has 0 radical (unpaired) electrons. The van der Waals surface area contributed by atoms with Gasteiger partial charge < -0.3 is 14.9 Å². The van der Waals surface area contributed by atoms with Crippen LogP contribution in [0.4, 0.5) is 0 Å². The van der Waals surface area contributed by atoms with Crippen LogP contribution in [0.15, 0.2) is 0 Å². The van der Waals surface area contributed by atoms with E-state index in [1.165, 1.54) is 0 Å². The Labute approximate surface area is 126 Å². The van der Waals surface area contributed by atoms with Crippen molar-refractivity contribution in [1.29, 1.82) is 0 Å². The fourth-order valence-corrected chi connectivity index (χ4v) is 3.56. The van der Waals surface area contributed by atoms with Gasteiger partial charge >= 0.3 is 0 Å². The molecule has 1 unspecified atom stereocenters. The van der Waals surface area contributed by atoms with Crippen LogP contribution in [-0.2, 0) is 9.59 Å². The first-order valence-electron chi connectivity index (χ1n) is 8.37. The lowest BCUT2D eigenvalue weighted by Gasteiger charge is -2.37. The lowest BCUT2D eigenvalue weighted by molar-refractivity contribution is -0.142. The molecule has 0 aromatic carbocycles. The number of carbonyl (C=O) groups is 2. The van der Waals surface area contributed by atoms with Crippen LogP contribution < -0.4 is 0 Å². The lowest BCUT2D eigenvalue weighted by Crippen LogP contribution is -2.49. The maximum atomic E-state index is 12.6. The second-order valence-corrected chi connectivity index (χ2v) is 6.85. The summed E-state index contributed by atoms with van der Waals surface area (Å²) >= 11 is 0. The van der Waals surface area contributed by atoms with E-state index in [9.17, 15) is 14.7 Å². The van der Waals surface area contributed by atoms with Crippen molar-refractivity contribution in [1.82, 2.24) is 9.80 Å². The molecule has 3 fully saturated rings. The Bertz CT molecular complexity index is 400. The van der Waals surface area contributed by atoms with Gasteiger partial charge in [0.05, 0.1) is 5.92 Å². The number of nitrogens with zero attached hydrogens (tertiary/aromatic N) is 2. The number of hydrogen-bond donors (Lipinski definition) is 1. The van der Waals surface area contributed by atoms with Gasteiger partial charge in [-0.1, -0.05) is 0 Å². The average Bonchev–Trinajstić information content (AvgIpc) is 3.38. The van der Waals surface area contributed by atoms with Crippen molar-refractivity contribution >= 4 is 11.8 Å².